The van der Waals surface area contributed by atoms with Gasteiger partial charge in [0.1, 0.15) is 11.9 Å². The Morgan fingerprint density at radius 2 is 2.00 bits per heavy atom. The first kappa shape index (κ1) is 12.4. The maximum atomic E-state index is 11.7. The highest BCUT2D eigenvalue weighted by molar-refractivity contribution is 5.73. The number of hydrogen-bond donors (Lipinski definition) is 1. The summed E-state index contributed by atoms with van der Waals surface area (Å²) in [6, 6.07) is 13.6. The zero-order valence-electron chi connectivity index (χ0n) is 11.3. The van der Waals surface area contributed by atoms with Crippen molar-refractivity contribution >= 4 is 5.97 Å². The first-order valence-corrected chi connectivity index (χ1v) is 7.15. The number of aromatic nitrogens is 1. The lowest BCUT2D eigenvalue weighted by Gasteiger charge is -2.22. The predicted octanol–water partition coefficient (Wildman–Crippen LogP) is 2.81. The van der Waals surface area contributed by atoms with Crippen molar-refractivity contribution in [3.05, 3.63) is 59.9 Å². The summed E-state index contributed by atoms with van der Waals surface area (Å²) in [7, 11) is 0. The van der Waals surface area contributed by atoms with Crippen molar-refractivity contribution in [1.82, 2.24) is 4.98 Å². The predicted molar refractivity (Wildman–Crippen MR) is 76.3 cm³/mol. The summed E-state index contributed by atoms with van der Waals surface area (Å²) in [5.74, 6) is -0.412. The van der Waals surface area contributed by atoms with E-state index in [1.165, 1.54) is 0 Å². The van der Waals surface area contributed by atoms with Crippen LogP contribution in [0.25, 0.3) is 0 Å². The molecule has 1 aromatic heterocycles. The lowest BCUT2D eigenvalue weighted by atomic mass is 9.87. The number of fused-ring (bicyclic) bond motifs is 3. The van der Waals surface area contributed by atoms with Gasteiger partial charge in [0.15, 0.2) is 0 Å². The second-order valence-corrected chi connectivity index (χ2v) is 5.69. The summed E-state index contributed by atoms with van der Waals surface area (Å²) in [4.78, 5) is 16.1. The molecule has 0 bridgehead atoms. The van der Waals surface area contributed by atoms with Gasteiger partial charge < -0.3 is 9.84 Å². The molecule has 1 aliphatic heterocycles. The normalized spacial score (nSPS) is 29.5. The third-order valence-corrected chi connectivity index (χ3v) is 4.61. The molecule has 0 spiro atoms. The fourth-order valence-electron chi connectivity index (χ4n) is 3.74. The van der Waals surface area contributed by atoms with Crippen LogP contribution in [0.5, 0.6) is 5.75 Å². The third kappa shape index (κ3) is 1.82. The molecule has 1 N–H and O–H groups in total. The number of benzene rings is 1. The van der Waals surface area contributed by atoms with Gasteiger partial charge in [0.2, 0.25) is 0 Å². The number of pyridine rings is 1. The number of nitrogens with zero attached hydrogens (tertiary/aromatic N) is 1. The van der Waals surface area contributed by atoms with Crippen LogP contribution in [-0.4, -0.2) is 22.2 Å². The second kappa shape index (κ2) is 4.58. The molecule has 4 heteroatoms. The third-order valence-electron chi connectivity index (χ3n) is 4.61. The molecule has 1 fully saturated rings. The van der Waals surface area contributed by atoms with E-state index in [9.17, 15) is 9.90 Å². The Morgan fingerprint density at radius 3 is 2.76 bits per heavy atom. The van der Waals surface area contributed by atoms with Crippen molar-refractivity contribution in [2.24, 2.45) is 5.92 Å². The zero-order chi connectivity index (χ0) is 14.4. The lowest BCUT2D eigenvalue weighted by molar-refractivity contribution is -0.142. The Balaban J connectivity index is 1.77. The highest BCUT2D eigenvalue weighted by Gasteiger charge is 2.53. The first-order chi connectivity index (χ1) is 10.3. The van der Waals surface area contributed by atoms with Crippen LogP contribution < -0.4 is 4.74 Å². The highest BCUT2D eigenvalue weighted by atomic mass is 16.5. The zero-order valence-corrected chi connectivity index (χ0v) is 11.3. The molecule has 4 unspecified atom stereocenters. The second-order valence-electron chi connectivity index (χ2n) is 5.69. The maximum Gasteiger partial charge on any atom is 0.307 e. The minimum Gasteiger partial charge on any atom is -0.487 e. The Kier molecular flexibility index (Phi) is 2.70. The van der Waals surface area contributed by atoms with E-state index in [0.29, 0.717) is 6.42 Å². The molecule has 4 rings (SSSR count). The van der Waals surface area contributed by atoms with E-state index in [1.807, 2.05) is 42.5 Å². The molecule has 2 aliphatic rings. The van der Waals surface area contributed by atoms with Crippen molar-refractivity contribution in [3.8, 4) is 5.75 Å². The molecule has 2 heterocycles. The van der Waals surface area contributed by atoms with E-state index in [2.05, 4.69) is 4.98 Å². The Morgan fingerprint density at radius 1 is 1.19 bits per heavy atom. The monoisotopic (exact) mass is 281 g/mol. The summed E-state index contributed by atoms with van der Waals surface area (Å²) in [6.07, 6.45) is 2.21. The summed E-state index contributed by atoms with van der Waals surface area (Å²) >= 11 is 0. The minimum absolute atomic E-state index is 0.0764. The highest BCUT2D eigenvalue weighted by Crippen LogP contribution is 2.54. The van der Waals surface area contributed by atoms with Gasteiger partial charge in [-0.15, -0.1) is 0 Å². The maximum absolute atomic E-state index is 11.7. The standard InChI is InChI=1S/C17H15NO3/c19-17(20)11-9-12-15-13(7-4-8-18-15)21-16(12)14(11)10-5-2-1-3-6-10/h1-8,11-12,14,16H,9H2,(H,19,20). The van der Waals surface area contributed by atoms with E-state index < -0.39 is 11.9 Å². The molecule has 0 saturated heterocycles. The number of hydrogen-bond acceptors (Lipinski definition) is 3. The van der Waals surface area contributed by atoms with Crippen LogP contribution in [0, 0.1) is 5.92 Å². The molecule has 106 valence electrons. The van der Waals surface area contributed by atoms with Crippen molar-refractivity contribution < 1.29 is 14.6 Å². The van der Waals surface area contributed by atoms with Crippen LogP contribution >= 0.6 is 0 Å². The minimum atomic E-state index is -0.751. The van der Waals surface area contributed by atoms with Gasteiger partial charge in [0.25, 0.3) is 0 Å². The van der Waals surface area contributed by atoms with E-state index >= 15 is 0 Å². The SMILES string of the molecule is O=C(O)C1CC2c3ncccc3OC2C1c1ccccc1. The summed E-state index contributed by atoms with van der Waals surface area (Å²) in [5.41, 5.74) is 1.94. The molecular formula is C17H15NO3. The van der Waals surface area contributed by atoms with Crippen LogP contribution in [0.1, 0.15) is 29.5 Å². The lowest BCUT2D eigenvalue weighted by Crippen LogP contribution is -2.26. The van der Waals surface area contributed by atoms with Crippen molar-refractivity contribution in [2.45, 2.75) is 24.4 Å². The average molecular weight is 281 g/mol. The Labute approximate surface area is 122 Å². The van der Waals surface area contributed by atoms with E-state index in [4.69, 9.17) is 4.74 Å². The molecule has 4 atom stereocenters. The van der Waals surface area contributed by atoms with Gasteiger partial charge in [-0.2, -0.15) is 0 Å². The van der Waals surface area contributed by atoms with Gasteiger partial charge in [-0.25, -0.2) is 0 Å². The van der Waals surface area contributed by atoms with Crippen LogP contribution in [0.4, 0.5) is 0 Å². The molecule has 1 saturated carbocycles. The number of carbonyl (C=O) groups is 1. The average Bonchev–Trinajstić information content (AvgIpc) is 3.04. The fraction of sp³-hybridized carbons (Fsp3) is 0.294. The van der Waals surface area contributed by atoms with Crippen LogP contribution in [0.15, 0.2) is 48.7 Å². The van der Waals surface area contributed by atoms with Crippen LogP contribution in [-0.2, 0) is 4.79 Å². The Hall–Kier alpha value is -2.36. The Bertz CT molecular complexity index is 685. The number of rotatable bonds is 2. The van der Waals surface area contributed by atoms with Gasteiger partial charge in [0, 0.05) is 18.0 Å². The summed E-state index contributed by atoms with van der Waals surface area (Å²) < 4.78 is 6.05. The van der Waals surface area contributed by atoms with Crippen LogP contribution in [0.3, 0.4) is 0 Å². The van der Waals surface area contributed by atoms with Gasteiger partial charge in [-0.05, 0) is 24.1 Å². The van der Waals surface area contributed by atoms with Crippen LogP contribution in [0.2, 0.25) is 0 Å². The quantitative estimate of drug-likeness (QED) is 0.919. The molecule has 0 amide bonds. The fourth-order valence-corrected chi connectivity index (χ4v) is 3.74. The first-order valence-electron chi connectivity index (χ1n) is 7.15. The molecule has 1 aliphatic carbocycles. The molecule has 0 radical (unpaired) electrons. The smallest absolute Gasteiger partial charge is 0.307 e. The molecule has 1 aromatic carbocycles. The van der Waals surface area contributed by atoms with E-state index in [-0.39, 0.29) is 17.9 Å². The van der Waals surface area contributed by atoms with Gasteiger partial charge >= 0.3 is 5.97 Å². The number of aliphatic carboxylic acids is 1. The summed E-state index contributed by atoms with van der Waals surface area (Å²) in [5, 5.41) is 9.57. The molecule has 21 heavy (non-hydrogen) atoms. The van der Waals surface area contributed by atoms with Gasteiger partial charge in [-0.3, -0.25) is 9.78 Å². The van der Waals surface area contributed by atoms with Crippen molar-refractivity contribution in [2.75, 3.05) is 0 Å². The number of ether oxygens (including phenoxy) is 1. The van der Waals surface area contributed by atoms with Crippen molar-refractivity contribution in [3.63, 3.8) is 0 Å². The number of carboxylic acid groups (broad SMARTS) is 1. The molecular weight excluding hydrogens is 266 g/mol. The molecule has 2 aromatic rings. The number of carboxylic acids is 1. The van der Waals surface area contributed by atoms with E-state index in [0.717, 1.165) is 17.0 Å². The summed E-state index contributed by atoms with van der Waals surface area (Å²) in [6.45, 7) is 0. The van der Waals surface area contributed by atoms with Crippen molar-refractivity contribution in [1.29, 1.82) is 0 Å². The topological polar surface area (TPSA) is 59.4 Å². The van der Waals surface area contributed by atoms with Gasteiger partial charge in [0.05, 0.1) is 11.6 Å². The van der Waals surface area contributed by atoms with Gasteiger partial charge in [-0.1, -0.05) is 30.3 Å². The van der Waals surface area contributed by atoms with E-state index in [1.54, 1.807) is 6.20 Å². The largest absolute Gasteiger partial charge is 0.487 e. The molecule has 4 nitrogen and oxygen atoms in total.